The van der Waals surface area contributed by atoms with Gasteiger partial charge >= 0.3 is 0 Å². The fourth-order valence-corrected chi connectivity index (χ4v) is 2.62. The fourth-order valence-electron chi connectivity index (χ4n) is 2.62. The molecule has 1 aromatic heterocycles. The summed E-state index contributed by atoms with van der Waals surface area (Å²) >= 11 is 0. The van der Waals surface area contributed by atoms with Crippen LogP contribution in [0.2, 0.25) is 0 Å². The molecule has 0 saturated heterocycles. The van der Waals surface area contributed by atoms with Crippen LogP contribution in [0, 0.1) is 0 Å². The zero-order valence-electron chi connectivity index (χ0n) is 13.0. The van der Waals surface area contributed by atoms with Crippen molar-refractivity contribution in [1.29, 1.82) is 0 Å². The van der Waals surface area contributed by atoms with E-state index in [4.69, 9.17) is 10.5 Å². The Morgan fingerprint density at radius 2 is 1.74 bits per heavy atom. The number of nitrogens with two attached hydrogens (primary N) is 1. The number of aromatic nitrogens is 2. The van der Waals surface area contributed by atoms with Crippen molar-refractivity contribution in [3.63, 3.8) is 0 Å². The van der Waals surface area contributed by atoms with Crippen LogP contribution in [-0.4, -0.2) is 16.1 Å². The van der Waals surface area contributed by atoms with Crippen LogP contribution in [0.15, 0.2) is 73.3 Å². The molecule has 0 saturated carbocycles. The summed E-state index contributed by atoms with van der Waals surface area (Å²) in [6.07, 6.45) is 7.51. The van der Waals surface area contributed by atoms with Crippen molar-refractivity contribution in [2.24, 2.45) is 5.73 Å². The lowest BCUT2D eigenvalue weighted by Gasteiger charge is -2.18. The highest BCUT2D eigenvalue weighted by molar-refractivity contribution is 5.33. The maximum atomic E-state index is 5.82. The Labute approximate surface area is 136 Å². The quantitative estimate of drug-likeness (QED) is 0.722. The smallest absolute Gasteiger partial charge is 0.127 e. The van der Waals surface area contributed by atoms with E-state index in [1.807, 2.05) is 55.0 Å². The lowest BCUT2D eigenvalue weighted by Crippen LogP contribution is -2.15. The molecule has 0 amide bonds. The van der Waals surface area contributed by atoms with Crippen LogP contribution in [0.3, 0.4) is 0 Å². The Bertz CT molecular complexity index is 693. The lowest BCUT2D eigenvalue weighted by molar-refractivity contribution is 0.466. The highest BCUT2D eigenvalue weighted by atomic mass is 16.5. The molecule has 4 nitrogen and oxygen atoms in total. The van der Waals surface area contributed by atoms with Gasteiger partial charge in [-0.05, 0) is 49.2 Å². The molecule has 4 heteroatoms. The highest BCUT2D eigenvalue weighted by Crippen LogP contribution is 2.23. The first-order valence-corrected chi connectivity index (χ1v) is 7.84. The minimum atomic E-state index is 0.336. The number of rotatable bonds is 7. The molecule has 0 aliphatic heterocycles. The van der Waals surface area contributed by atoms with Crippen LogP contribution >= 0.6 is 0 Å². The summed E-state index contributed by atoms with van der Waals surface area (Å²) in [5.74, 6) is 1.69. The summed E-state index contributed by atoms with van der Waals surface area (Å²) in [5, 5.41) is 0. The average Bonchev–Trinajstić information content (AvgIpc) is 3.12. The molecule has 2 aromatic carbocycles. The van der Waals surface area contributed by atoms with Crippen molar-refractivity contribution in [2.45, 2.75) is 18.9 Å². The highest BCUT2D eigenvalue weighted by Gasteiger charge is 2.10. The number of hydrogen-bond donors (Lipinski definition) is 1. The molecule has 0 fully saturated rings. The average molecular weight is 307 g/mol. The zero-order chi connectivity index (χ0) is 15.9. The summed E-state index contributed by atoms with van der Waals surface area (Å²) in [7, 11) is 0. The summed E-state index contributed by atoms with van der Waals surface area (Å²) in [6.45, 7) is 0.665. The predicted octanol–water partition coefficient (Wildman–Crippen LogP) is 3.81. The molecule has 3 rings (SSSR count). The van der Waals surface area contributed by atoms with E-state index >= 15 is 0 Å². The standard InChI is InChI=1S/C19H21N3O/c20-11-10-17(22-13-12-21-15-22)14-16-6-8-19(9-7-16)23-18-4-2-1-3-5-18/h1-9,12-13,15,17H,10-11,14,20H2. The molecule has 2 N–H and O–H groups in total. The van der Waals surface area contributed by atoms with E-state index < -0.39 is 0 Å². The van der Waals surface area contributed by atoms with E-state index in [2.05, 4.69) is 21.7 Å². The van der Waals surface area contributed by atoms with E-state index in [1.54, 1.807) is 6.20 Å². The molecular weight excluding hydrogens is 286 g/mol. The molecule has 0 aliphatic rings. The Kier molecular flexibility index (Phi) is 5.06. The van der Waals surface area contributed by atoms with E-state index in [0.29, 0.717) is 12.6 Å². The molecule has 0 bridgehead atoms. The molecule has 1 heterocycles. The Hall–Kier alpha value is -2.59. The molecule has 1 atom stereocenters. The van der Waals surface area contributed by atoms with E-state index in [9.17, 15) is 0 Å². The van der Waals surface area contributed by atoms with Crippen molar-refractivity contribution in [1.82, 2.24) is 9.55 Å². The summed E-state index contributed by atoms with van der Waals surface area (Å²) < 4.78 is 7.95. The van der Waals surface area contributed by atoms with E-state index in [1.165, 1.54) is 5.56 Å². The van der Waals surface area contributed by atoms with Gasteiger partial charge in [0.15, 0.2) is 0 Å². The first-order chi connectivity index (χ1) is 11.3. The summed E-state index contributed by atoms with van der Waals surface area (Å²) in [6, 6.07) is 18.4. The SMILES string of the molecule is NCCC(Cc1ccc(Oc2ccccc2)cc1)n1ccnc1. The molecule has 1 unspecified atom stereocenters. The van der Waals surface area contributed by atoms with Crippen LogP contribution in [-0.2, 0) is 6.42 Å². The van der Waals surface area contributed by atoms with E-state index in [0.717, 1.165) is 24.3 Å². The number of para-hydroxylation sites is 1. The topological polar surface area (TPSA) is 53.1 Å². The molecule has 0 aliphatic carbocycles. The number of ether oxygens (including phenoxy) is 1. The monoisotopic (exact) mass is 307 g/mol. The van der Waals surface area contributed by atoms with Crippen molar-refractivity contribution in [3.05, 3.63) is 78.9 Å². The van der Waals surface area contributed by atoms with Gasteiger partial charge in [-0.25, -0.2) is 4.98 Å². The first kappa shape index (κ1) is 15.3. The third-order valence-corrected chi connectivity index (χ3v) is 3.82. The van der Waals surface area contributed by atoms with Gasteiger partial charge in [-0.15, -0.1) is 0 Å². The first-order valence-electron chi connectivity index (χ1n) is 7.84. The normalized spacial score (nSPS) is 12.0. The second kappa shape index (κ2) is 7.61. The zero-order valence-corrected chi connectivity index (χ0v) is 13.0. The second-order valence-electron chi connectivity index (χ2n) is 5.50. The van der Waals surface area contributed by atoms with Gasteiger partial charge in [-0.3, -0.25) is 0 Å². The van der Waals surface area contributed by atoms with Gasteiger partial charge in [0.1, 0.15) is 11.5 Å². The van der Waals surface area contributed by atoms with Gasteiger partial charge in [0.2, 0.25) is 0 Å². The van der Waals surface area contributed by atoms with Gasteiger partial charge < -0.3 is 15.0 Å². The van der Waals surface area contributed by atoms with Crippen molar-refractivity contribution in [2.75, 3.05) is 6.54 Å². The summed E-state index contributed by atoms with van der Waals surface area (Å²) in [5.41, 5.74) is 7.01. The third-order valence-electron chi connectivity index (χ3n) is 3.82. The molecule has 3 aromatic rings. The van der Waals surface area contributed by atoms with Crippen LogP contribution in [0.1, 0.15) is 18.0 Å². The maximum absolute atomic E-state index is 5.82. The largest absolute Gasteiger partial charge is 0.457 e. The molecular formula is C19H21N3O. The predicted molar refractivity (Wildman–Crippen MR) is 91.6 cm³/mol. The van der Waals surface area contributed by atoms with Crippen molar-refractivity contribution < 1.29 is 4.74 Å². The van der Waals surface area contributed by atoms with Gasteiger partial charge in [0, 0.05) is 18.4 Å². The molecule has 23 heavy (non-hydrogen) atoms. The van der Waals surface area contributed by atoms with Gasteiger partial charge in [0.25, 0.3) is 0 Å². The van der Waals surface area contributed by atoms with Crippen molar-refractivity contribution in [3.8, 4) is 11.5 Å². The van der Waals surface area contributed by atoms with Crippen LogP contribution in [0.25, 0.3) is 0 Å². The second-order valence-corrected chi connectivity index (χ2v) is 5.50. The Morgan fingerprint density at radius 1 is 1.00 bits per heavy atom. The van der Waals surface area contributed by atoms with Crippen LogP contribution in [0.4, 0.5) is 0 Å². The number of imidazole rings is 1. The third kappa shape index (κ3) is 4.20. The van der Waals surface area contributed by atoms with Gasteiger partial charge in [0.05, 0.1) is 6.33 Å². The Balaban J connectivity index is 1.66. The fraction of sp³-hybridized carbons (Fsp3) is 0.211. The van der Waals surface area contributed by atoms with Gasteiger partial charge in [-0.1, -0.05) is 30.3 Å². The minimum Gasteiger partial charge on any atom is -0.457 e. The lowest BCUT2D eigenvalue weighted by atomic mass is 10.0. The van der Waals surface area contributed by atoms with Crippen molar-refractivity contribution >= 4 is 0 Å². The minimum absolute atomic E-state index is 0.336. The van der Waals surface area contributed by atoms with Gasteiger partial charge in [-0.2, -0.15) is 0 Å². The number of benzene rings is 2. The van der Waals surface area contributed by atoms with Crippen LogP contribution < -0.4 is 10.5 Å². The molecule has 0 spiro atoms. The molecule has 0 radical (unpaired) electrons. The summed E-state index contributed by atoms with van der Waals surface area (Å²) in [4.78, 5) is 4.13. The molecule has 118 valence electrons. The Morgan fingerprint density at radius 3 is 2.39 bits per heavy atom. The number of nitrogens with zero attached hydrogens (tertiary/aromatic N) is 2. The van der Waals surface area contributed by atoms with Crippen LogP contribution in [0.5, 0.6) is 11.5 Å². The van der Waals surface area contributed by atoms with E-state index in [-0.39, 0.29) is 0 Å². The number of hydrogen-bond acceptors (Lipinski definition) is 3. The maximum Gasteiger partial charge on any atom is 0.127 e.